The van der Waals surface area contributed by atoms with E-state index >= 15 is 0 Å². The molecule has 2 amide bonds. The Morgan fingerprint density at radius 1 is 1.53 bits per heavy atom. The largest absolute Gasteiger partial charge is 0.338 e. The molecule has 1 rings (SSSR count). The van der Waals surface area contributed by atoms with E-state index in [1.807, 2.05) is 6.92 Å². The monoisotopic (exact) mass is 241 g/mol. The molecule has 6 nitrogen and oxygen atoms in total. The van der Waals surface area contributed by atoms with E-state index in [-0.39, 0.29) is 5.69 Å². The van der Waals surface area contributed by atoms with Gasteiger partial charge in [0.05, 0.1) is 11.0 Å². The number of rotatable bonds is 4. The molecule has 0 aromatic heterocycles. The molecule has 17 heavy (non-hydrogen) atoms. The maximum Gasteiger partial charge on any atom is 0.319 e. The number of anilines is 1. The van der Waals surface area contributed by atoms with Crippen LogP contribution in [0.2, 0.25) is 0 Å². The van der Waals surface area contributed by atoms with Crippen molar-refractivity contribution < 1.29 is 14.1 Å². The highest BCUT2D eigenvalue weighted by Crippen LogP contribution is 2.24. The van der Waals surface area contributed by atoms with E-state index in [4.69, 9.17) is 0 Å². The number of benzene rings is 1. The van der Waals surface area contributed by atoms with Crippen molar-refractivity contribution in [1.82, 2.24) is 5.32 Å². The van der Waals surface area contributed by atoms with Gasteiger partial charge in [0.15, 0.2) is 0 Å². The second-order valence-corrected chi connectivity index (χ2v) is 3.30. The minimum atomic E-state index is -0.751. The lowest BCUT2D eigenvalue weighted by Gasteiger charge is -2.06. The molecule has 0 fully saturated rings. The van der Waals surface area contributed by atoms with Gasteiger partial charge in [0, 0.05) is 6.54 Å². The minimum absolute atomic E-state index is 0.0370. The molecule has 0 saturated heterocycles. The van der Waals surface area contributed by atoms with Gasteiger partial charge in [-0.25, -0.2) is 9.18 Å². The molecule has 0 spiro atoms. The van der Waals surface area contributed by atoms with E-state index in [0.29, 0.717) is 6.54 Å². The molecule has 0 bridgehead atoms. The van der Waals surface area contributed by atoms with Gasteiger partial charge in [-0.15, -0.1) is 0 Å². The van der Waals surface area contributed by atoms with Crippen LogP contribution >= 0.6 is 0 Å². The van der Waals surface area contributed by atoms with E-state index in [1.54, 1.807) is 0 Å². The maximum absolute atomic E-state index is 12.8. The first kappa shape index (κ1) is 12.9. The Bertz CT molecular complexity index is 437. The van der Waals surface area contributed by atoms with Crippen LogP contribution in [0.25, 0.3) is 0 Å². The average molecular weight is 241 g/mol. The van der Waals surface area contributed by atoms with Gasteiger partial charge in [-0.1, -0.05) is 6.92 Å². The number of hydrogen-bond acceptors (Lipinski definition) is 3. The van der Waals surface area contributed by atoms with E-state index in [9.17, 15) is 19.3 Å². The highest BCUT2D eigenvalue weighted by atomic mass is 19.1. The lowest BCUT2D eigenvalue weighted by atomic mass is 10.2. The summed E-state index contributed by atoms with van der Waals surface area (Å²) in [6.45, 7) is 2.33. The zero-order valence-electron chi connectivity index (χ0n) is 9.20. The Balaban J connectivity index is 2.83. The fourth-order valence-electron chi connectivity index (χ4n) is 1.17. The molecular weight excluding hydrogens is 229 g/mol. The molecular formula is C10H12FN3O3. The third kappa shape index (κ3) is 3.71. The minimum Gasteiger partial charge on any atom is -0.338 e. The third-order valence-electron chi connectivity index (χ3n) is 1.94. The molecule has 0 radical (unpaired) electrons. The van der Waals surface area contributed by atoms with Gasteiger partial charge in [-0.2, -0.15) is 0 Å². The Hall–Kier alpha value is -2.18. The number of carbonyl (C=O) groups is 1. The molecule has 0 saturated carbocycles. The van der Waals surface area contributed by atoms with Crippen LogP contribution in [-0.4, -0.2) is 17.5 Å². The summed E-state index contributed by atoms with van der Waals surface area (Å²) in [6, 6.07) is 2.40. The van der Waals surface area contributed by atoms with Crippen LogP contribution in [0.3, 0.4) is 0 Å². The number of hydrogen-bond donors (Lipinski definition) is 2. The summed E-state index contributed by atoms with van der Waals surface area (Å²) in [6.07, 6.45) is 0.749. The summed E-state index contributed by atoms with van der Waals surface area (Å²) in [5, 5.41) is 15.4. The SMILES string of the molecule is CCCNC(=O)Nc1ccc(F)cc1[N+](=O)[O-]. The number of urea groups is 1. The lowest BCUT2D eigenvalue weighted by molar-refractivity contribution is -0.384. The summed E-state index contributed by atoms with van der Waals surface area (Å²) < 4.78 is 12.8. The second-order valence-electron chi connectivity index (χ2n) is 3.30. The lowest BCUT2D eigenvalue weighted by Crippen LogP contribution is -2.29. The van der Waals surface area contributed by atoms with E-state index in [0.717, 1.165) is 24.6 Å². The van der Waals surface area contributed by atoms with Gasteiger partial charge in [0.2, 0.25) is 0 Å². The number of nitro groups is 1. The second kappa shape index (κ2) is 5.78. The maximum atomic E-state index is 12.8. The van der Waals surface area contributed by atoms with Gasteiger partial charge in [0.25, 0.3) is 5.69 Å². The molecule has 92 valence electrons. The Morgan fingerprint density at radius 2 is 2.24 bits per heavy atom. The van der Waals surface area contributed by atoms with Crippen LogP contribution in [0.1, 0.15) is 13.3 Å². The summed E-state index contributed by atoms with van der Waals surface area (Å²) in [5.41, 5.74) is -0.512. The Labute approximate surface area is 97.0 Å². The molecule has 0 aliphatic heterocycles. The Morgan fingerprint density at radius 3 is 2.82 bits per heavy atom. The average Bonchev–Trinajstić information content (AvgIpc) is 2.28. The molecule has 7 heteroatoms. The van der Waals surface area contributed by atoms with Crippen LogP contribution in [0.5, 0.6) is 0 Å². The van der Waals surface area contributed by atoms with E-state index in [1.165, 1.54) is 0 Å². The summed E-state index contributed by atoms with van der Waals surface area (Å²) in [4.78, 5) is 21.2. The zero-order valence-corrected chi connectivity index (χ0v) is 9.20. The van der Waals surface area contributed by atoms with Crippen LogP contribution in [0.15, 0.2) is 18.2 Å². The summed E-state index contributed by atoms with van der Waals surface area (Å²) in [5.74, 6) is -0.726. The van der Waals surface area contributed by atoms with Crippen LogP contribution in [0, 0.1) is 15.9 Å². The topological polar surface area (TPSA) is 84.3 Å². The molecule has 0 unspecified atom stereocenters. The molecule has 2 N–H and O–H groups in total. The first-order chi connectivity index (χ1) is 8.04. The highest BCUT2D eigenvalue weighted by molar-refractivity contribution is 5.91. The number of nitrogens with zero attached hydrogens (tertiary/aromatic N) is 1. The van der Waals surface area contributed by atoms with Crippen molar-refractivity contribution in [1.29, 1.82) is 0 Å². The quantitative estimate of drug-likeness (QED) is 0.626. The molecule has 0 aliphatic rings. The molecule has 0 heterocycles. The van der Waals surface area contributed by atoms with Crippen molar-refractivity contribution in [2.45, 2.75) is 13.3 Å². The van der Waals surface area contributed by atoms with Gasteiger partial charge in [-0.05, 0) is 18.6 Å². The third-order valence-corrected chi connectivity index (χ3v) is 1.94. The number of amides is 2. The van der Waals surface area contributed by atoms with Crippen molar-refractivity contribution in [3.63, 3.8) is 0 Å². The number of carbonyl (C=O) groups excluding carboxylic acids is 1. The zero-order chi connectivity index (χ0) is 12.8. The fraction of sp³-hybridized carbons (Fsp3) is 0.300. The first-order valence-corrected chi connectivity index (χ1v) is 5.03. The van der Waals surface area contributed by atoms with Gasteiger partial charge in [-0.3, -0.25) is 10.1 Å². The molecule has 1 aromatic carbocycles. The van der Waals surface area contributed by atoms with Crippen molar-refractivity contribution in [3.05, 3.63) is 34.1 Å². The smallest absolute Gasteiger partial charge is 0.319 e. The molecule has 1 aromatic rings. The predicted octanol–water partition coefficient (Wildman–Crippen LogP) is 2.27. The molecule has 0 aliphatic carbocycles. The van der Waals surface area contributed by atoms with Crippen molar-refractivity contribution >= 4 is 17.4 Å². The summed E-state index contributed by atoms with van der Waals surface area (Å²) in [7, 11) is 0. The van der Waals surface area contributed by atoms with Crippen LogP contribution in [-0.2, 0) is 0 Å². The van der Waals surface area contributed by atoms with Crippen molar-refractivity contribution in [2.24, 2.45) is 0 Å². The predicted molar refractivity (Wildman–Crippen MR) is 60.4 cm³/mol. The Kier molecular flexibility index (Phi) is 4.38. The number of nitrogens with one attached hydrogen (secondary N) is 2. The van der Waals surface area contributed by atoms with Gasteiger partial charge in [0.1, 0.15) is 11.5 Å². The standard InChI is InChI=1S/C10H12FN3O3/c1-2-5-12-10(15)13-8-4-3-7(11)6-9(8)14(16)17/h3-4,6H,2,5H2,1H3,(H2,12,13,15). The van der Waals surface area contributed by atoms with Crippen molar-refractivity contribution in [2.75, 3.05) is 11.9 Å². The van der Waals surface area contributed by atoms with Gasteiger partial charge < -0.3 is 10.6 Å². The van der Waals surface area contributed by atoms with Crippen molar-refractivity contribution in [3.8, 4) is 0 Å². The van der Waals surface area contributed by atoms with Crippen LogP contribution < -0.4 is 10.6 Å². The van der Waals surface area contributed by atoms with Gasteiger partial charge >= 0.3 is 6.03 Å². The van der Waals surface area contributed by atoms with E-state index < -0.39 is 22.5 Å². The van der Waals surface area contributed by atoms with Crippen LogP contribution in [0.4, 0.5) is 20.6 Å². The first-order valence-electron chi connectivity index (χ1n) is 5.03. The molecule has 0 atom stereocenters. The van der Waals surface area contributed by atoms with E-state index in [2.05, 4.69) is 10.6 Å². The number of nitro benzene ring substituents is 1. The highest BCUT2D eigenvalue weighted by Gasteiger charge is 2.16. The fourth-order valence-corrected chi connectivity index (χ4v) is 1.17. The number of halogens is 1. The summed E-state index contributed by atoms with van der Waals surface area (Å²) >= 11 is 0. The normalized spacial score (nSPS) is 9.76.